The highest BCUT2D eigenvalue weighted by Crippen LogP contribution is 2.17. The number of unbranched alkanes of at least 4 members (excludes halogenated alkanes) is 1. The molecule has 1 aromatic rings. The fourth-order valence-electron chi connectivity index (χ4n) is 2.11. The van der Waals surface area contributed by atoms with E-state index in [1.54, 1.807) is 0 Å². The molecule has 1 rings (SSSR count). The van der Waals surface area contributed by atoms with E-state index in [0.29, 0.717) is 0 Å². The van der Waals surface area contributed by atoms with Crippen LogP contribution in [0.3, 0.4) is 0 Å². The van der Waals surface area contributed by atoms with Crippen LogP contribution in [0, 0.1) is 0 Å². The average molecular weight is 278 g/mol. The second-order valence-electron chi connectivity index (χ2n) is 5.14. The predicted octanol–water partition coefficient (Wildman–Crippen LogP) is 3.88. The van der Waals surface area contributed by atoms with Crippen molar-refractivity contribution in [2.24, 2.45) is 0 Å². The maximum absolute atomic E-state index is 4.73. The maximum Gasteiger partial charge on any atom is 0.134 e. The Bertz CT molecular complexity index is 379. The van der Waals surface area contributed by atoms with Gasteiger partial charge in [0.25, 0.3) is 0 Å². The fourth-order valence-corrected chi connectivity index (χ4v) is 2.11. The van der Waals surface area contributed by atoms with Crippen molar-refractivity contribution < 1.29 is 0 Å². The summed E-state index contributed by atoms with van der Waals surface area (Å²) in [7, 11) is 0. The molecule has 1 aromatic heterocycles. The lowest BCUT2D eigenvalue weighted by molar-refractivity contribution is 0.716. The second kappa shape index (κ2) is 9.56. The minimum absolute atomic E-state index is 0.944. The lowest BCUT2D eigenvalue weighted by atomic mass is 10.3. The van der Waals surface area contributed by atoms with Crippen molar-refractivity contribution in [1.82, 2.24) is 9.97 Å². The average Bonchev–Trinajstić information content (AvgIpc) is 2.46. The third-order valence-corrected chi connectivity index (χ3v) is 3.28. The standard InChI is InChI=1S/C16H30N4/c1-5-9-12-20(8-4)16-13-15(17-11-7-3)18-14(19-16)10-6-2/h13H,5-12H2,1-4H3,(H,17,18,19). The Morgan fingerprint density at radius 1 is 1.05 bits per heavy atom. The molecule has 0 aliphatic rings. The number of nitrogens with one attached hydrogen (secondary N) is 1. The second-order valence-corrected chi connectivity index (χ2v) is 5.14. The number of anilines is 2. The Kier molecular flexibility index (Phi) is 8.00. The van der Waals surface area contributed by atoms with Gasteiger partial charge in [-0.15, -0.1) is 0 Å². The van der Waals surface area contributed by atoms with Gasteiger partial charge in [0.2, 0.25) is 0 Å². The molecule has 0 spiro atoms. The number of hydrogen-bond donors (Lipinski definition) is 1. The molecule has 0 radical (unpaired) electrons. The molecule has 114 valence electrons. The fraction of sp³-hybridized carbons (Fsp3) is 0.750. The van der Waals surface area contributed by atoms with Gasteiger partial charge in [0.1, 0.15) is 17.5 Å². The van der Waals surface area contributed by atoms with Gasteiger partial charge in [0.05, 0.1) is 0 Å². The van der Waals surface area contributed by atoms with Gasteiger partial charge < -0.3 is 10.2 Å². The summed E-state index contributed by atoms with van der Waals surface area (Å²) in [5.41, 5.74) is 0. The Hall–Kier alpha value is -1.32. The molecule has 1 N–H and O–H groups in total. The Balaban J connectivity index is 2.92. The molecule has 0 aromatic carbocycles. The van der Waals surface area contributed by atoms with E-state index in [1.165, 1.54) is 12.8 Å². The summed E-state index contributed by atoms with van der Waals surface area (Å²) >= 11 is 0. The van der Waals surface area contributed by atoms with Gasteiger partial charge >= 0.3 is 0 Å². The molecule has 0 saturated heterocycles. The highest BCUT2D eigenvalue weighted by molar-refractivity contribution is 5.49. The lowest BCUT2D eigenvalue weighted by Gasteiger charge is -2.23. The van der Waals surface area contributed by atoms with Crippen molar-refractivity contribution in [2.75, 3.05) is 29.9 Å². The maximum atomic E-state index is 4.73. The third-order valence-electron chi connectivity index (χ3n) is 3.28. The molecular weight excluding hydrogens is 248 g/mol. The van der Waals surface area contributed by atoms with E-state index >= 15 is 0 Å². The summed E-state index contributed by atoms with van der Waals surface area (Å²) in [5.74, 6) is 2.99. The molecule has 4 heteroatoms. The van der Waals surface area contributed by atoms with Crippen molar-refractivity contribution in [3.63, 3.8) is 0 Å². The van der Waals surface area contributed by atoms with Crippen molar-refractivity contribution in [3.05, 3.63) is 11.9 Å². The molecule has 4 nitrogen and oxygen atoms in total. The summed E-state index contributed by atoms with van der Waals surface area (Å²) in [4.78, 5) is 11.7. The monoisotopic (exact) mass is 278 g/mol. The minimum atomic E-state index is 0.944. The van der Waals surface area contributed by atoms with E-state index in [1.807, 2.05) is 0 Å². The van der Waals surface area contributed by atoms with Crippen LogP contribution in [0.5, 0.6) is 0 Å². The summed E-state index contributed by atoms with van der Waals surface area (Å²) in [6.07, 6.45) is 5.55. The van der Waals surface area contributed by atoms with Crippen molar-refractivity contribution >= 4 is 11.6 Å². The zero-order valence-electron chi connectivity index (χ0n) is 13.6. The van der Waals surface area contributed by atoms with E-state index in [0.717, 1.165) is 56.4 Å². The molecule has 0 bridgehead atoms. The summed E-state index contributed by atoms with van der Waals surface area (Å²) in [5, 5.41) is 3.39. The SMILES string of the molecule is CCCCN(CC)c1cc(NCCC)nc(CCC)n1. The number of hydrogen-bond acceptors (Lipinski definition) is 4. The zero-order valence-corrected chi connectivity index (χ0v) is 13.6. The summed E-state index contributed by atoms with van der Waals surface area (Å²) in [6.45, 7) is 11.8. The molecule has 0 unspecified atom stereocenters. The highest BCUT2D eigenvalue weighted by atomic mass is 15.2. The van der Waals surface area contributed by atoms with Gasteiger partial charge in [0, 0.05) is 32.1 Å². The van der Waals surface area contributed by atoms with E-state index in [9.17, 15) is 0 Å². The van der Waals surface area contributed by atoms with Crippen LogP contribution in [0.1, 0.15) is 59.2 Å². The Morgan fingerprint density at radius 2 is 1.85 bits per heavy atom. The van der Waals surface area contributed by atoms with Crippen LogP contribution in [0.15, 0.2) is 6.07 Å². The van der Waals surface area contributed by atoms with Gasteiger partial charge in [-0.1, -0.05) is 27.2 Å². The van der Waals surface area contributed by atoms with E-state index in [-0.39, 0.29) is 0 Å². The van der Waals surface area contributed by atoms with Crippen molar-refractivity contribution in [3.8, 4) is 0 Å². The van der Waals surface area contributed by atoms with E-state index in [2.05, 4.69) is 49.0 Å². The first-order valence-corrected chi connectivity index (χ1v) is 8.11. The number of rotatable bonds is 10. The van der Waals surface area contributed by atoms with Crippen LogP contribution in [0.4, 0.5) is 11.6 Å². The van der Waals surface area contributed by atoms with Gasteiger partial charge in [-0.25, -0.2) is 9.97 Å². The van der Waals surface area contributed by atoms with Gasteiger partial charge in [-0.3, -0.25) is 0 Å². The first-order chi connectivity index (χ1) is 9.74. The summed E-state index contributed by atoms with van der Waals surface area (Å²) < 4.78 is 0. The van der Waals surface area contributed by atoms with E-state index in [4.69, 9.17) is 4.98 Å². The molecule has 0 aliphatic carbocycles. The third kappa shape index (κ3) is 5.35. The quantitative estimate of drug-likeness (QED) is 0.705. The smallest absolute Gasteiger partial charge is 0.134 e. The Labute approximate surface area is 124 Å². The zero-order chi connectivity index (χ0) is 14.8. The van der Waals surface area contributed by atoms with Gasteiger partial charge in [0.15, 0.2) is 0 Å². The highest BCUT2D eigenvalue weighted by Gasteiger charge is 2.09. The van der Waals surface area contributed by atoms with Crippen LogP contribution in [-0.2, 0) is 6.42 Å². The molecule has 0 amide bonds. The molecule has 0 aliphatic heterocycles. The van der Waals surface area contributed by atoms with Crippen molar-refractivity contribution in [2.45, 2.75) is 59.8 Å². The topological polar surface area (TPSA) is 41.0 Å². The molecule has 0 fully saturated rings. The van der Waals surface area contributed by atoms with Gasteiger partial charge in [-0.2, -0.15) is 0 Å². The molecule has 1 heterocycles. The summed E-state index contributed by atoms with van der Waals surface area (Å²) in [6, 6.07) is 2.09. The molecule has 0 atom stereocenters. The minimum Gasteiger partial charge on any atom is -0.370 e. The Morgan fingerprint density at radius 3 is 2.45 bits per heavy atom. The lowest BCUT2D eigenvalue weighted by Crippen LogP contribution is -2.25. The van der Waals surface area contributed by atoms with Crippen LogP contribution in [0.25, 0.3) is 0 Å². The van der Waals surface area contributed by atoms with Crippen LogP contribution < -0.4 is 10.2 Å². The first kappa shape index (κ1) is 16.7. The molecular formula is C16H30N4. The molecule has 20 heavy (non-hydrogen) atoms. The van der Waals surface area contributed by atoms with Crippen LogP contribution >= 0.6 is 0 Å². The number of nitrogens with zero attached hydrogens (tertiary/aromatic N) is 3. The number of aromatic nitrogens is 2. The molecule has 0 saturated carbocycles. The normalized spacial score (nSPS) is 10.6. The number of aryl methyl sites for hydroxylation is 1. The van der Waals surface area contributed by atoms with Crippen molar-refractivity contribution in [1.29, 1.82) is 0 Å². The van der Waals surface area contributed by atoms with Crippen LogP contribution in [0.2, 0.25) is 0 Å². The first-order valence-electron chi connectivity index (χ1n) is 8.11. The van der Waals surface area contributed by atoms with E-state index < -0.39 is 0 Å². The van der Waals surface area contributed by atoms with Crippen LogP contribution in [-0.4, -0.2) is 29.6 Å². The predicted molar refractivity (Wildman–Crippen MR) is 87.6 cm³/mol. The largest absolute Gasteiger partial charge is 0.370 e. The van der Waals surface area contributed by atoms with Gasteiger partial charge in [-0.05, 0) is 26.2 Å².